The first-order valence-electron chi connectivity index (χ1n) is 15.3. The number of piperidine rings is 1. The molecule has 4 aliphatic rings. The van der Waals surface area contributed by atoms with Gasteiger partial charge in [0.05, 0.1) is 5.54 Å². The molecule has 5 rings (SSSR count). The number of carbonyl (C=O) groups excluding carboxylic acids is 2. The van der Waals surface area contributed by atoms with Crippen molar-refractivity contribution < 1.29 is 14.3 Å². The van der Waals surface area contributed by atoms with E-state index in [-0.39, 0.29) is 28.9 Å². The highest BCUT2D eigenvalue weighted by molar-refractivity contribution is 6.30. The van der Waals surface area contributed by atoms with Gasteiger partial charge < -0.3 is 15.0 Å². The van der Waals surface area contributed by atoms with Crippen LogP contribution in [0.25, 0.3) is 0 Å². The number of nitrogens with zero attached hydrogens (tertiary/aromatic N) is 2. The van der Waals surface area contributed by atoms with E-state index in [4.69, 9.17) is 16.3 Å². The van der Waals surface area contributed by atoms with Crippen molar-refractivity contribution in [2.24, 2.45) is 17.3 Å². The summed E-state index contributed by atoms with van der Waals surface area (Å²) in [5, 5.41) is 4.44. The Morgan fingerprint density at radius 3 is 2.33 bits per heavy atom. The summed E-state index contributed by atoms with van der Waals surface area (Å²) in [4.78, 5) is 31.1. The number of nitrogens with one attached hydrogen (secondary N) is 1. The van der Waals surface area contributed by atoms with Crippen molar-refractivity contribution in [3.05, 3.63) is 34.9 Å². The molecule has 3 atom stereocenters. The van der Waals surface area contributed by atoms with Gasteiger partial charge in [-0.05, 0) is 87.3 Å². The van der Waals surface area contributed by atoms with Gasteiger partial charge in [0.2, 0.25) is 5.91 Å². The van der Waals surface area contributed by atoms with Crippen LogP contribution in [0, 0.1) is 17.3 Å². The topological polar surface area (TPSA) is 61.9 Å². The van der Waals surface area contributed by atoms with Gasteiger partial charge in [0.15, 0.2) is 0 Å². The molecule has 7 heteroatoms. The molecule has 2 aliphatic heterocycles. The van der Waals surface area contributed by atoms with E-state index in [9.17, 15) is 9.59 Å². The van der Waals surface area contributed by atoms with Crippen LogP contribution in [0.15, 0.2) is 24.3 Å². The number of ether oxygens (including phenoxy) is 1. The van der Waals surface area contributed by atoms with E-state index in [0.29, 0.717) is 30.5 Å². The smallest absolute Gasteiger partial charge is 0.410 e. The van der Waals surface area contributed by atoms with Gasteiger partial charge in [-0.1, -0.05) is 56.8 Å². The van der Waals surface area contributed by atoms with Gasteiger partial charge in [-0.2, -0.15) is 0 Å². The minimum atomic E-state index is -0.278. The normalized spacial score (nSPS) is 29.2. The Morgan fingerprint density at radius 1 is 1.08 bits per heavy atom. The first-order valence-corrected chi connectivity index (χ1v) is 15.7. The lowest BCUT2D eigenvalue weighted by molar-refractivity contribution is -0.139. The maximum atomic E-state index is 14.2. The van der Waals surface area contributed by atoms with E-state index in [1.807, 2.05) is 17.0 Å². The fourth-order valence-electron chi connectivity index (χ4n) is 8.05. The largest absolute Gasteiger partial charge is 0.447 e. The van der Waals surface area contributed by atoms with Crippen molar-refractivity contribution in [1.82, 2.24) is 15.1 Å². The molecule has 0 radical (unpaired) electrons. The van der Waals surface area contributed by atoms with E-state index in [0.717, 1.165) is 50.3 Å². The zero-order chi connectivity index (χ0) is 27.8. The molecule has 0 spiro atoms. The quantitative estimate of drug-likeness (QED) is 0.409. The van der Waals surface area contributed by atoms with Crippen molar-refractivity contribution in [2.45, 2.75) is 109 Å². The zero-order valence-electron chi connectivity index (χ0n) is 24.4. The average molecular weight is 558 g/mol. The van der Waals surface area contributed by atoms with Crippen LogP contribution in [0.3, 0.4) is 0 Å². The fraction of sp³-hybridized carbons (Fsp3) is 0.750. The Morgan fingerprint density at radius 2 is 1.74 bits per heavy atom. The molecule has 1 aromatic rings. The van der Waals surface area contributed by atoms with Crippen LogP contribution in [-0.4, -0.2) is 65.7 Å². The summed E-state index contributed by atoms with van der Waals surface area (Å²) >= 11 is 6.19. The lowest BCUT2D eigenvalue weighted by atomic mass is 9.63. The number of likely N-dealkylation sites (tertiary alicyclic amines) is 1. The van der Waals surface area contributed by atoms with Crippen LogP contribution in [-0.2, 0) is 9.53 Å². The summed E-state index contributed by atoms with van der Waals surface area (Å²) < 4.78 is 5.49. The molecule has 1 aromatic carbocycles. The molecule has 216 valence electrons. The van der Waals surface area contributed by atoms with Crippen LogP contribution >= 0.6 is 11.6 Å². The summed E-state index contributed by atoms with van der Waals surface area (Å²) in [5.41, 5.74) is 0.999. The number of hydrogen-bond donors (Lipinski definition) is 1. The second-order valence-corrected chi connectivity index (χ2v) is 14.2. The highest BCUT2D eigenvalue weighted by Crippen LogP contribution is 2.49. The predicted octanol–water partition coefficient (Wildman–Crippen LogP) is 6.62. The molecule has 1 N–H and O–H groups in total. The number of carbonyl (C=O) groups is 2. The molecule has 39 heavy (non-hydrogen) atoms. The van der Waals surface area contributed by atoms with Crippen molar-refractivity contribution in [3.63, 3.8) is 0 Å². The second-order valence-electron chi connectivity index (χ2n) is 13.7. The van der Waals surface area contributed by atoms with Gasteiger partial charge in [-0.25, -0.2) is 4.79 Å². The maximum absolute atomic E-state index is 14.2. The van der Waals surface area contributed by atoms with E-state index >= 15 is 0 Å². The van der Waals surface area contributed by atoms with Crippen LogP contribution < -0.4 is 5.32 Å². The Kier molecular flexibility index (Phi) is 8.54. The molecule has 2 amide bonds. The van der Waals surface area contributed by atoms with E-state index in [1.165, 1.54) is 37.7 Å². The Balaban J connectivity index is 1.33. The first-order chi connectivity index (χ1) is 18.6. The van der Waals surface area contributed by atoms with E-state index in [2.05, 4.69) is 50.0 Å². The standard InChI is InChI=1S/C32H48ClN3O3/c1-22(2)34-26-18-27(23-10-12-25(33)13-11-23)28(19-26)29(37)35-16-14-32(15-17-35,24-8-6-5-7-9-24)20-36-30(38)39-21-31(36,3)4/h10-13,22,24,26-28,34H,5-9,14-21H2,1-4H3/t26?,27-,28+/m0/s1. The number of halogens is 1. The molecule has 0 bridgehead atoms. The van der Waals surface area contributed by atoms with Crippen molar-refractivity contribution in [1.29, 1.82) is 0 Å². The first kappa shape index (κ1) is 28.7. The number of benzene rings is 1. The summed E-state index contributed by atoms with van der Waals surface area (Å²) in [6.07, 6.45) is 9.95. The Labute approximate surface area is 240 Å². The maximum Gasteiger partial charge on any atom is 0.410 e. The van der Waals surface area contributed by atoms with E-state index in [1.54, 1.807) is 0 Å². The molecule has 0 aromatic heterocycles. The van der Waals surface area contributed by atoms with Gasteiger partial charge in [-0.3, -0.25) is 9.69 Å². The third-order valence-corrected chi connectivity index (χ3v) is 10.5. The molecular weight excluding hydrogens is 510 g/mol. The Hall–Kier alpha value is -1.79. The van der Waals surface area contributed by atoms with Crippen LogP contribution in [0.4, 0.5) is 4.79 Å². The lowest BCUT2D eigenvalue weighted by Gasteiger charge is -2.51. The molecule has 2 saturated heterocycles. The molecule has 4 fully saturated rings. The summed E-state index contributed by atoms with van der Waals surface area (Å²) in [6.45, 7) is 11.4. The van der Waals surface area contributed by atoms with Crippen molar-refractivity contribution in [2.75, 3.05) is 26.2 Å². The molecule has 2 saturated carbocycles. The van der Waals surface area contributed by atoms with Crippen LogP contribution in [0.5, 0.6) is 0 Å². The van der Waals surface area contributed by atoms with Gasteiger partial charge in [0.1, 0.15) is 6.61 Å². The average Bonchev–Trinajstić information content (AvgIpc) is 3.45. The van der Waals surface area contributed by atoms with Gasteiger partial charge in [0.25, 0.3) is 0 Å². The summed E-state index contributed by atoms with van der Waals surface area (Å²) in [5.74, 6) is 1.11. The van der Waals surface area contributed by atoms with E-state index < -0.39 is 0 Å². The van der Waals surface area contributed by atoms with Crippen molar-refractivity contribution >= 4 is 23.6 Å². The van der Waals surface area contributed by atoms with Gasteiger partial charge >= 0.3 is 6.09 Å². The second kappa shape index (κ2) is 11.6. The highest BCUT2D eigenvalue weighted by atomic mass is 35.5. The highest BCUT2D eigenvalue weighted by Gasteiger charge is 2.50. The summed E-state index contributed by atoms with van der Waals surface area (Å²) in [6, 6.07) is 8.84. The number of cyclic esters (lactones) is 1. The van der Waals surface area contributed by atoms with Gasteiger partial charge in [0, 0.05) is 42.7 Å². The molecule has 1 unspecified atom stereocenters. The fourth-order valence-corrected chi connectivity index (χ4v) is 8.17. The van der Waals surface area contributed by atoms with Crippen LogP contribution in [0.2, 0.25) is 5.02 Å². The third kappa shape index (κ3) is 6.12. The number of amides is 2. The summed E-state index contributed by atoms with van der Waals surface area (Å²) in [7, 11) is 0. The Bertz CT molecular complexity index is 1010. The molecule has 2 aliphatic carbocycles. The monoisotopic (exact) mass is 557 g/mol. The third-order valence-electron chi connectivity index (χ3n) is 10.3. The van der Waals surface area contributed by atoms with Crippen molar-refractivity contribution in [3.8, 4) is 0 Å². The number of rotatable bonds is 7. The SMILES string of the molecule is CC(C)NC1C[C@@H](C(=O)N2CCC(CN3C(=O)OCC3(C)C)(C3CCCCC3)CC2)[C@H](c2ccc(Cl)cc2)C1. The minimum Gasteiger partial charge on any atom is -0.447 e. The van der Waals surface area contributed by atoms with Gasteiger partial charge in [-0.15, -0.1) is 0 Å². The minimum absolute atomic E-state index is 0.0166. The predicted molar refractivity (Wildman–Crippen MR) is 156 cm³/mol. The molecular formula is C32H48ClN3O3. The lowest BCUT2D eigenvalue weighted by Crippen LogP contribution is -2.55. The zero-order valence-corrected chi connectivity index (χ0v) is 25.1. The number of hydrogen-bond acceptors (Lipinski definition) is 4. The van der Waals surface area contributed by atoms with Crippen LogP contribution in [0.1, 0.15) is 97.0 Å². The molecule has 2 heterocycles. The molecule has 6 nitrogen and oxygen atoms in total.